The van der Waals surface area contributed by atoms with Gasteiger partial charge in [0.1, 0.15) is 5.82 Å². The highest BCUT2D eigenvalue weighted by atomic mass is 19.1. The van der Waals surface area contributed by atoms with Crippen LogP contribution >= 0.6 is 0 Å². The van der Waals surface area contributed by atoms with Gasteiger partial charge in [0.2, 0.25) is 0 Å². The molecule has 0 saturated heterocycles. The first-order valence-corrected chi connectivity index (χ1v) is 6.67. The quantitative estimate of drug-likeness (QED) is 0.847. The average molecular weight is 271 g/mol. The van der Waals surface area contributed by atoms with E-state index >= 15 is 0 Å². The van der Waals surface area contributed by atoms with Gasteiger partial charge in [0.15, 0.2) is 5.78 Å². The van der Waals surface area contributed by atoms with Gasteiger partial charge in [-0.2, -0.15) is 0 Å². The number of halogens is 1. The van der Waals surface area contributed by atoms with Crippen molar-refractivity contribution < 1.29 is 9.18 Å². The van der Waals surface area contributed by atoms with Crippen LogP contribution in [0.15, 0.2) is 42.5 Å². The summed E-state index contributed by atoms with van der Waals surface area (Å²) >= 11 is 0. The molecule has 0 aromatic heterocycles. The number of aryl methyl sites for hydroxylation is 1. The Morgan fingerprint density at radius 3 is 2.65 bits per heavy atom. The van der Waals surface area contributed by atoms with Gasteiger partial charge in [-0.15, -0.1) is 0 Å². The van der Waals surface area contributed by atoms with Crippen LogP contribution in [0.25, 0.3) is 0 Å². The van der Waals surface area contributed by atoms with Crippen LogP contribution in [0.4, 0.5) is 4.39 Å². The van der Waals surface area contributed by atoms with Gasteiger partial charge in [-0.25, -0.2) is 4.39 Å². The van der Waals surface area contributed by atoms with Crippen LogP contribution in [-0.4, -0.2) is 19.4 Å². The van der Waals surface area contributed by atoms with Crippen molar-refractivity contribution in [1.82, 2.24) is 5.32 Å². The monoisotopic (exact) mass is 271 g/mol. The molecule has 0 bridgehead atoms. The molecule has 2 rings (SSSR count). The zero-order valence-electron chi connectivity index (χ0n) is 11.7. The lowest BCUT2D eigenvalue weighted by Gasteiger charge is -2.09. The molecule has 0 saturated carbocycles. The molecule has 0 radical (unpaired) electrons. The van der Waals surface area contributed by atoms with Crippen LogP contribution in [-0.2, 0) is 6.42 Å². The summed E-state index contributed by atoms with van der Waals surface area (Å²) in [7, 11) is 1.88. The van der Waals surface area contributed by atoms with E-state index in [9.17, 15) is 9.18 Å². The number of hydrogen-bond donors (Lipinski definition) is 1. The molecule has 1 N–H and O–H groups in total. The highest BCUT2D eigenvalue weighted by Gasteiger charge is 2.13. The molecular formula is C17H18FNO. The minimum atomic E-state index is -0.287. The molecule has 2 nitrogen and oxygen atoms in total. The number of benzene rings is 2. The van der Waals surface area contributed by atoms with E-state index < -0.39 is 0 Å². The normalized spacial score (nSPS) is 10.6. The van der Waals surface area contributed by atoms with E-state index in [2.05, 4.69) is 5.32 Å². The van der Waals surface area contributed by atoms with Crippen LogP contribution in [0, 0.1) is 12.7 Å². The average Bonchev–Trinajstić information content (AvgIpc) is 2.47. The number of nitrogens with one attached hydrogen (secondary N) is 1. The van der Waals surface area contributed by atoms with Crippen LogP contribution in [0.2, 0.25) is 0 Å². The predicted molar refractivity (Wildman–Crippen MR) is 78.6 cm³/mol. The summed E-state index contributed by atoms with van der Waals surface area (Å²) in [6, 6.07) is 12.1. The Morgan fingerprint density at radius 1 is 1.20 bits per heavy atom. The lowest BCUT2D eigenvalue weighted by molar-refractivity contribution is 0.103. The number of ketones is 1. The molecule has 0 aliphatic rings. The zero-order valence-corrected chi connectivity index (χ0v) is 11.7. The predicted octanol–water partition coefficient (Wildman–Crippen LogP) is 3.13. The van der Waals surface area contributed by atoms with Gasteiger partial charge in [0.05, 0.1) is 0 Å². The topological polar surface area (TPSA) is 29.1 Å². The second-order valence-electron chi connectivity index (χ2n) is 4.80. The lowest BCUT2D eigenvalue weighted by Crippen LogP contribution is -2.13. The molecule has 104 valence electrons. The molecule has 2 aromatic carbocycles. The fraction of sp³-hybridized carbons (Fsp3) is 0.235. The van der Waals surface area contributed by atoms with E-state index in [0.717, 1.165) is 18.5 Å². The minimum Gasteiger partial charge on any atom is -0.319 e. The van der Waals surface area contributed by atoms with Gasteiger partial charge in [-0.05, 0) is 56.3 Å². The van der Waals surface area contributed by atoms with E-state index in [1.807, 2.05) is 31.3 Å². The fourth-order valence-corrected chi connectivity index (χ4v) is 2.16. The highest BCUT2D eigenvalue weighted by Crippen LogP contribution is 2.17. The Balaban J connectivity index is 2.35. The van der Waals surface area contributed by atoms with Crippen molar-refractivity contribution in [2.24, 2.45) is 0 Å². The Bertz CT molecular complexity index is 622. The summed E-state index contributed by atoms with van der Waals surface area (Å²) in [6.07, 6.45) is 0.790. The van der Waals surface area contributed by atoms with Crippen LogP contribution in [0.1, 0.15) is 27.0 Å². The van der Waals surface area contributed by atoms with Crippen molar-refractivity contribution in [2.45, 2.75) is 13.3 Å². The molecule has 0 aliphatic heterocycles. The SMILES string of the molecule is CNCCc1ccccc1C(=O)c1ccc(F)c(C)c1. The van der Waals surface area contributed by atoms with Crippen LogP contribution in [0.3, 0.4) is 0 Å². The molecule has 0 fully saturated rings. The first-order chi connectivity index (χ1) is 9.63. The lowest BCUT2D eigenvalue weighted by atomic mass is 9.96. The van der Waals surface area contributed by atoms with Crippen molar-refractivity contribution in [2.75, 3.05) is 13.6 Å². The third-order valence-electron chi connectivity index (χ3n) is 3.33. The van der Waals surface area contributed by atoms with Gasteiger partial charge in [0.25, 0.3) is 0 Å². The summed E-state index contributed by atoms with van der Waals surface area (Å²) in [5.74, 6) is -0.343. The number of carbonyl (C=O) groups is 1. The second-order valence-corrected chi connectivity index (χ2v) is 4.80. The van der Waals surface area contributed by atoms with Crippen molar-refractivity contribution >= 4 is 5.78 Å². The standard InChI is InChI=1S/C17H18FNO/c1-12-11-14(7-8-16(12)18)17(20)15-6-4-3-5-13(15)9-10-19-2/h3-8,11,19H,9-10H2,1-2H3. The molecule has 0 spiro atoms. The van der Waals surface area contributed by atoms with Crippen molar-refractivity contribution in [3.63, 3.8) is 0 Å². The Hall–Kier alpha value is -2.00. The number of likely N-dealkylation sites (N-methyl/N-ethyl adjacent to an activating group) is 1. The number of rotatable bonds is 5. The van der Waals surface area contributed by atoms with Crippen LogP contribution in [0.5, 0.6) is 0 Å². The molecule has 0 aliphatic carbocycles. The van der Waals surface area contributed by atoms with Crippen molar-refractivity contribution in [3.05, 3.63) is 70.5 Å². The highest BCUT2D eigenvalue weighted by molar-refractivity contribution is 6.10. The van der Waals surface area contributed by atoms with E-state index in [0.29, 0.717) is 16.7 Å². The maximum atomic E-state index is 13.3. The van der Waals surface area contributed by atoms with E-state index in [1.165, 1.54) is 6.07 Å². The minimum absolute atomic E-state index is 0.0557. The summed E-state index contributed by atoms with van der Waals surface area (Å²) in [6.45, 7) is 2.48. The van der Waals surface area contributed by atoms with Crippen molar-refractivity contribution in [3.8, 4) is 0 Å². The summed E-state index contributed by atoms with van der Waals surface area (Å²) in [5, 5.41) is 3.08. The molecule has 3 heteroatoms. The molecule has 0 heterocycles. The van der Waals surface area contributed by atoms with Gasteiger partial charge in [-0.3, -0.25) is 4.79 Å². The maximum absolute atomic E-state index is 13.3. The maximum Gasteiger partial charge on any atom is 0.193 e. The Labute approximate surface area is 118 Å². The van der Waals surface area contributed by atoms with Crippen molar-refractivity contribution in [1.29, 1.82) is 0 Å². The van der Waals surface area contributed by atoms with E-state index in [1.54, 1.807) is 19.1 Å². The third-order valence-corrected chi connectivity index (χ3v) is 3.33. The molecular weight excluding hydrogens is 253 g/mol. The molecule has 0 unspecified atom stereocenters. The van der Waals surface area contributed by atoms with Gasteiger partial charge >= 0.3 is 0 Å². The zero-order chi connectivity index (χ0) is 14.5. The van der Waals surface area contributed by atoms with E-state index in [4.69, 9.17) is 0 Å². The molecule has 0 atom stereocenters. The number of hydrogen-bond acceptors (Lipinski definition) is 2. The molecule has 20 heavy (non-hydrogen) atoms. The Kier molecular flexibility index (Phi) is 4.64. The van der Waals surface area contributed by atoms with E-state index in [-0.39, 0.29) is 11.6 Å². The summed E-state index contributed by atoms with van der Waals surface area (Å²) < 4.78 is 13.3. The van der Waals surface area contributed by atoms with Gasteiger partial charge < -0.3 is 5.32 Å². The Morgan fingerprint density at radius 2 is 1.95 bits per heavy atom. The summed E-state index contributed by atoms with van der Waals surface area (Å²) in [5.41, 5.74) is 2.71. The largest absolute Gasteiger partial charge is 0.319 e. The molecule has 0 amide bonds. The first-order valence-electron chi connectivity index (χ1n) is 6.67. The smallest absolute Gasteiger partial charge is 0.193 e. The van der Waals surface area contributed by atoms with Crippen LogP contribution < -0.4 is 5.32 Å². The fourth-order valence-electron chi connectivity index (χ4n) is 2.16. The van der Waals surface area contributed by atoms with Gasteiger partial charge in [-0.1, -0.05) is 24.3 Å². The third kappa shape index (κ3) is 3.11. The summed E-state index contributed by atoms with van der Waals surface area (Å²) in [4.78, 5) is 12.6. The first kappa shape index (κ1) is 14.4. The van der Waals surface area contributed by atoms with Gasteiger partial charge in [0, 0.05) is 11.1 Å². The number of carbonyl (C=O) groups excluding carboxylic acids is 1. The molecule has 2 aromatic rings. The second kappa shape index (κ2) is 6.44.